The van der Waals surface area contributed by atoms with Gasteiger partial charge in [0.25, 0.3) is 7.82 Å². The van der Waals surface area contributed by atoms with Crippen LogP contribution < -0.4 is 10.2 Å². The van der Waals surface area contributed by atoms with Gasteiger partial charge in [-0.25, -0.2) is 0 Å². The van der Waals surface area contributed by atoms with Gasteiger partial charge in [-0.15, -0.1) is 0 Å². The van der Waals surface area contributed by atoms with E-state index in [1.54, 1.807) is 6.08 Å². The summed E-state index contributed by atoms with van der Waals surface area (Å²) in [6.45, 7) is 4.43. The number of rotatable bonds is 36. The molecule has 3 atom stereocenters. The summed E-state index contributed by atoms with van der Waals surface area (Å²) in [4.78, 5) is 25.2. The Kier molecular flexibility index (Phi) is 34.8. The number of carbonyl (C=O) groups is 1. The number of aliphatic hydroxyl groups excluding tert-OH is 1. The minimum Gasteiger partial charge on any atom is -0.756 e. The Labute approximate surface area is 331 Å². The zero-order chi connectivity index (χ0) is 40.0. The molecule has 0 aliphatic heterocycles. The summed E-state index contributed by atoms with van der Waals surface area (Å²) in [7, 11) is 1.20. The lowest BCUT2D eigenvalue weighted by atomic mass is 10.0. The van der Waals surface area contributed by atoms with E-state index in [-0.39, 0.29) is 18.9 Å². The van der Waals surface area contributed by atoms with Gasteiger partial charge in [0, 0.05) is 6.42 Å². The first-order valence-electron chi connectivity index (χ1n) is 20.9. The number of nitrogens with one attached hydrogen (secondary N) is 1. The van der Waals surface area contributed by atoms with Gasteiger partial charge in [0.2, 0.25) is 5.91 Å². The first kappa shape index (κ1) is 51.7. The fourth-order valence-electron chi connectivity index (χ4n) is 5.29. The maximum absolute atomic E-state index is 12.8. The Balaban J connectivity index is 4.63. The summed E-state index contributed by atoms with van der Waals surface area (Å²) in [6.07, 6.45) is 49.2. The molecule has 0 aliphatic carbocycles. The minimum absolute atomic E-state index is 0.0192. The van der Waals surface area contributed by atoms with Gasteiger partial charge in [0.05, 0.1) is 39.9 Å². The first-order chi connectivity index (χ1) is 26.0. The number of hydrogen-bond acceptors (Lipinski definition) is 6. The quantitative estimate of drug-likeness (QED) is 0.0284. The molecule has 310 valence electrons. The zero-order valence-electron chi connectivity index (χ0n) is 34.9. The zero-order valence-corrected chi connectivity index (χ0v) is 35.8. The van der Waals surface area contributed by atoms with Crippen molar-refractivity contribution in [3.8, 4) is 0 Å². The highest BCUT2D eigenvalue weighted by molar-refractivity contribution is 7.45. The number of nitrogens with zero attached hydrogens (tertiary/aromatic N) is 1. The molecule has 0 aromatic heterocycles. The highest BCUT2D eigenvalue weighted by Crippen LogP contribution is 2.38. The highest BCUT2D eigenvalue weighted by atomic mass is 31.2. The van der Waals surface area contributed by atoms with Gasteiger partial charge < -0.3 is 28.8 Å². The van der Waals surface area contributed by atoms with Crippen molar-refractivity contribution >= 4 is 13.7 Å². The van der Waals surface area contributed by atoms with Crippen molar-refractivity contribution in [2.45, 2.75) is 154 Å². The summed E-state index contributed by atoms with van der Waals surface area (Å²) in [5, 5.41) is 13.7. The molecule has 0 heterocycles. The normalized spacial score (nSPS) is 15.3. The number of allylic oxidation sites excluding steroid dienone is 13. The van der Waals surface area contributed by atoms with E-state index in [9.17, 15) is 19.4 Å². The fourth-order valence-corrected chi connectivity index (χ4v) is 6.01. The van der Waals surface area contributed by atoms with Crippen LogP contribution in [0.5, 0.6) is 0 Å². The molecule has 8 nitrogen and oxygen atoms in total. The molecule has 0 rings (SSSR count). The molecule has 1 amide bonds. The van der Waals surface area contributed by atoms with Crippen LogP contribution in [-0.2, 0) is 18.4 Å². The second-order valence-electron chi connectivity index (χ2n) is 15.0. The summed E-state index contributed by atoms with van der Waals surface area (Å²) in [5.74, 6) is -0.285. The highest BCUT2D eigenvalue weighted by Gasteiger charge is 2.23. The molecule has 0 fully saturated rings. The molecule has 2 unspecified atom stereocenters. The van der Waals surface area contributed by atoms with Gasteiger partial charge in [-0.3, -0.25) is 9.36 Å². The molecule has 0 aromatic rings. The minimum atomic E-state index is -4.61. The number of unbranched alkanes of at least 4 members (excludes halogenated alkanes) is 11. The lowest BCUT2D eigenvalue weighted by Gasteiger charge is -2.29. The van der Waals surface area contributed by atoms with E-state index in [1.807, 2.05) is 39.4 Å². The van der Waals surface area contributed by atoms with Crippen molar-refractivity contribution in [2.75, 3.05) is 40.9 Å². The maximum atomic E-state index is 12.8. The number of carbonyl (C=O) groups excluding carboxylic acids is 1. The third-order valence-corrected chi connectivity index (χ3v) is 9.59. The monoisotopic (exact) mass is 775 g/mol. The van der Waals surface area contributed by atoms with Gasteiger partial charge in [0.15, 0.2) is 0 Å². The summed E-state index contributed by atoms with van der Waals surface area (Å²) in [6, 6.07) is -0.930. The SMILES string of the molecule is CC/C=C\C/C=C\C/C=C\C/C=C\C/C=C\C/C=C\CCC(=O)NC(COP(=O)([O-])OCC[N+](C)(C)C)[C@@H](O)/C=C/CCCCCCCCCCCCC. The molecule has 0 radical (unpaired) electrons. The van der Waals surface area contributed by atoms with Crippen molar-refractivity contribution in [3.63, 3.8) is 0 Å². The van der Waals surface area contributed by atoms with Gasteiger partial charge in [-0.2, -0.15) is 0 Å². The van der Waals surface area contributed by atoms with E-state index in [1.165, 1.54) is 57.8 Å². The smallest absolute Gasteiger partial charge is 0.268 e. The van der Waals surface area contributed by atoms with Crippen molar-refractivity contribution in [1.82, 2.24) is 5.32 Å². The van der Waals surface area contributed by atoms with Crippen LogP contribution >= 0.6 is 7.82 Å². The third kappa shape index (κ3) is 38.0. The van der Waals surface area contributed by atoms with Crippen molar-refractivity contribution in [3.05, 3.63) is 85.1 Å². The van der Waals surface area contributed by atoms with Crippen LogP contribution in [0.2, 0.25) is 0 Å². The summed E-state index contributed by atoms with van der Waals surface area (Å²) < 4.78 is 23.1. The molecule has 2 N–H and O–H groups in total. The Hall–Kier alpha value is -2.32. The molecule has 0 saturated carbocycles. The Morgan fingerprint density at radius 2 is 1.13 bits per heavy atom. The van der Waals surface area contributed by atoms with Crippen LogP contribution in [0.4, 0.5) is 0 Å². The van der Waals surface area contributed by atoms with Gasteiger partial charge >= 0.3 is 0 Å². The molecule has 0 saturated heterocycles. The number of aliphatic hydroxyl groups is 1. The van der Waals surface area contributed by atoms with E-state index in [4.69, 9.17) is 9.05 Å². The number of likely N-dealkylation sites (N-methyl/N-ethyl adjacent to an activating group) is 1. The number of phosphoric ester groups is 1. The van der Waals surface area contributed by atoms with Crippen molar-refractivity contribution < 1.29 is 32.9 Å². The molecule has 0 aliphatic rings. The molecular formula is C45H79N2O6P. The van der Waals surface area contributed by atoms with Gasteiger partial charge in [0.1, 0.15) is 13.2 Å². The average molecular weight is 775 g/mol. The van der Waals surface area contributed by atoms with Crippen molar-refractivity contribution in [2.24, 2.45) is 0 Å². The summed E-state index contributed by atoms with van der Waals surface area (Å²) in [5.41, 5.74) is 0. The Bertz CT molecular complexity index is 1150. The molecule has 54 heavy (non-hydrogen) atoms. The fraction of sp³-hybridized carbons (Fsp3) is 0.667. The van der Waals surface area contributed by atoms with Crippen LogP contribution in [-0.4, -0.2) is 68.5 Å². The molecule has 9 heteroatoms. The number of hydrogen-bond donors (Lipinski definition) is 2. The number of amides is 1. The van der Waals surface area contributed by atoms with Gasteiger partial charge in [-0.1, -0.05) is 163 Å². The van der Waals surface area contributed by atoms with Crippen molar-refractivity contribution in [1.29, 1.82) is 0 Å². The van der Waals surface area contributed by atoms with Crippen LogP contribution in [0, 0.1) is 0 Å². The van der Waals surface area contributed by atoms with E-state index in [2.05, 4.69) is 79.9 Å². The molecule has 0 bridgehead atoms. The topological polar surface area (TPSA) is 108 Å². The number of quaternary nitrogens is 1. The first-order valence-corrected chi connectivity index (χ1v) is 22.4. The summed E-state index contributed by atoms with van der Waals surface area (Å²) >= 11 is 0. The third-order valence-electron chi connectivity index (χ3n) is 8.62. The van der Waals surface area contributed by atoms with E-state index in [0.717, 1.165) is 57.8 Å². The predicted octanol–water partition coefficient (Wildman–Crippen LogP) is 10.8. The van der Waals surface area contributed by atoms with E-state index >= 15 is 0 Å². The Morgan fingerprint density at radius 1 is 0.667 bits per heavy atom. The Morgan fingerprint density at radius 3 is 1.61 bits per heavy atom. The predicted molar refractivity (Wildman–Crippen MR) is 228 cm³/mol. The lowest BCUT2D eigenvalue weighted by molar-refractivity contribution is -0.870. The lowest BCUT2D eigenvalue weighted by Crippen LogP contribution is -2.45. The molecule has 0 aromatic carbocycles. The van der Waals surface area contributed by atoms with E-state index < -0.39 is 26.6 Å². The van der Waals surface area contributed by atoms with Crippen LogP contribution in [0.15, 0.2) is 85.1 Å². The van der Waals surface area contributed by atoms with E-state index in [0.29, 0.717) is 17.4 Å². The van der Waals surface area contributed by atoms with Crippen LogP contribution in [0.3, 0.4) is 0 Å². The van der Waals surface area contributed by atoms with Gasteiger partial charge in [-0.05, 0) is 57.8 Å². The second kappa shape index (κ2) is 36.3. The average Bonchev–Trinajstić information content (AvgIpc) is 3.12. The van der Waals surface area contributed by atoms with Crippen LogP contribution in [0.25, 0.3) is 0 Å². The second-order valence-corrected chi connectivity index (χ2v) is 16.4. The largest absolute Gasteiger partial charge is 0.756 e. The maximum Gasteiger partial charge on any atom is 0.268 e. The van der Waals surface area contributed by atoms with Crippen LogP contribution in [0.1, 0.15) is 142 Å². The molecular weight excluding hydrogens is 695 g/mol. The molecule has 0 spiro atoms. The number of phosphoric acid groups is 1. The standard InChI is InChI=1S/C45H79N2O6P/c1-6-8-10-12-14-16-18-20-21-22-23-24-25-27-29-31-33-35-37-39-45(49)46-43(42-53-54(50,51)52-41-40-47(3,4)5)44(48)38-36-34-32-30-28-26-19-17-15-13-11-9-7-2/h8,10,14,16,20-21,23-24,27,29,33,35-36,38,43-44,48H,6-7,9,11-13,15,17-19,22,25-26,28,30-32,34,37,39-42H2,1-5H3,(H-,46,49,50,51)/b10-8-,16-14-,21-20-,24-23-,29-27-,35-33-,38-36+/t43?,44-/m0/s1.